The molecule has 2 nitrogen and oxygen atoms in total. The van der Waals surface area contributed by atoms with E-state index in [-0.39, 0.29) is 11.9 Å². The van der Waals surface area contributed by atoms with E-state index in [1.807, 2.05) is 48.2 Å². The number of halogens is 1. The molecule has 2 rings (SSSR count). The minimum Gasteiger partial charge on any atom is -0.339 e. The molecule has 3 heteroatoms. The van der Waals surface area contributed by atoms with Crippen LogP contribution in [0.25, 0.3) is 0 Å². The van der Waals surface area contributed by atoms with E-state index in [0.29, 0.717) is 5.69 Å². The summed E-state index contributed by atoms with van der Waals surface area (Å²) in [6.07, 6.45) is 2.06. The molecule has 0 radical (unpaired) electrons. The summed E-state index contributed by atoms with van der Waals surface area (Å²) in [5.41, 5.74) is 8.48. The van der Waals surface area contributed by atoms with Gasteiger partial charge in [0.25, 0.3) is 0 Å². The van der Waals surface area contributed by atoms with Crippen molar-refractivity contribution >= 4 is 11.4 Å². The van der Waals surface area contributed by atoms with Crippen LogP contribution in [0.1, 0.15) is 38.3 Å². The van der Waals surface area contributed by atoms with Crippen LogP contribution in [0.4, 0.5) is 15.8 Å². The van der Waals surface area contributed by atoms with Gasteiger partial charge in [0, 0.05) is 18.3 Å². The Morgan fingerprint density at radius 1 is 1.10 bits per heavy atom. The first-order valence-corrected chi connectivity index (χ1v) is 7.51. The maximum Gasteiger partial charge on any atom is 0.147 e. The monoisotopic (exact) mass is 286 g/mol. The molecule has 0 aliphatic heterocycles. The fourth-order valence-electron chi connectivity index (χ4n) is 2.48. The molecule has 112 valence electrons. The van der Waals surface area contributed by atoms with Crippen LogP contribution in [0.5, 0.6) is 0 Å². The number of nitrogens with zero attached hydrogens (tertiary/aromatic N) is 1. The van der Waals surface area contributed by atoms with Crippen molar-refractivity contribution in [3.05, 3.63) is 59.9 Å². The Labute approximate surface area is 126 Å². The van der Waals surface area contributed by atoms with Gasteiger partial charge in [-0.05, 0) is 37.1 Å². The zero-order valence-electron chi connectivity index (χ0n) is 12.7. The minimum absolute atomic E-state index is 0.205. The third-order valence-electron chi connectivity index (χ3n) is 3.58. The van der Waals surface area contributed by atoms with Gasteiger partial charge in [-0.1, -0.05) is 43.7 Å². The van der Waals surface area contributed by atoms with E-state index < -0.39 is 0 Å². The maximum atomic E-state index is 14.5. The molecule has 1 atom stereocenters. The average molecular weight is 286 g/mol. The topological polar surface area (TPSA) is 29.3 Å². The predicted octanol–water partition coefficient (Wildman–Crippen LogP) is 4.78. The molecule has 0 heterocycles. The Hall–Kier alpha value is -1.87. The third kappa shape index (κ3) is 3.61. The first kappa shape index (κ1) is 15.5. The lowest BCUT2D eigenvalue weighted by molar-refractivity contribution is 0.616. The molecule has 0 bridgehead atoms. The normalized spacial score (nSPS) is 12.2. The first-order valence-electron chi connectivity index (χ1n) is 7.51. The summed E-state index contributed by atoms with van der Waals surface area (Å²) >= 11 is 0. The van der Waals surface area contributed by atoms with Gasteiger partial charge in [0.2, 0.25) is 0 Å². The molecule has 0 saturated carbocycles. The third-order valence-corrected chi connectivity index (χ3v) is 3.58. The number of nitrogens with two attached hydrogens (primary N) is 1. The highest BCUT2D eigenvalue weighted by Crippen LogP contribution is 2.34. The SMILES string of the molecule is CCCCN(c1ccccc1)c1c(F)cccc1C(C)N. The van der Waals surface area contributed by atoms with Gasteiger partial charge in [0.1, 0.15) is 5.82 Å². The van der Waals surface area contributed by atoms with Gasteiger partial charge < -0.3 is 10.6 Å². The number of para-hydroxylation sites is 2. The Bertz CT molecular complexity index is 567. The van der Waals surface area contributed by atoms with E-state index in [1.54, 1.807) is 6.07 Å². The smallest absolute Gasteiger partial charge is 0.147 e. The number of hydrogen-bond donors (Lipinski definition) is 1. The number of hydrogen-bond acceptors (Lipinski definition) is 2. The highest BCUT2D eigenvalue weighted by atomic mass is 19.1. The van der Waals surface area contributed by atoms with Gasteiger partial charge in [-0.3, -0.25) is 0 Å². The molecule has 2 aromatic carbocycles. The molecular formula is C18H23FN2. The van der Waals surface area contributed by atoms with Crippen molar-refractivity contribution in [3.63, 3.8) is 0 Å². The van der Waals surface area contributed by atoms with Gasteiger partial charge in [0.15, 0.2) is 0 Å². The van der Waals surface area contributed by atoms with Crippen molar-refractivity contribution in [3.8, 4) is 0 Å². The predicted molar refractivity (Wildman–Crippen MR) is 87.4 cm³/mol. The molecule has 0 aromatic heterocycles. The van der Waals surface area contributed by atoms with Gasteiger partial charge in [-0.25, -0.2) is 4.39 Å². The van der Waals surface area contributed by atoms with E-state index >= 15 is 0 Å². The maximum absolute atomic E-state index is 14.5. The molecule has 0 amide bonds. The highest BCUT2D eigenvalue weighted by Gasteiger charge is 2.19. The number of benzene rings is 2. The Morgan fingerprint density at radius 2 is 1.81 bits per heavy atom. The molecule has 1 unspecified atom stereocenters. The van der Waals surface area contributed by atoms with E-state index in [9.17, 15) is 4.39 Å². The molecule has 2 N–H and O–H groups in total. The molecule has 0 aliphatic carbocycles. The summed E-state index contributed by atoms with van der Waals surface area (Å²) in [6, 6.07) is 14.9. The largest absolute Gasteiger partial charge is 0.339 e. The summed E-state index contributed by atoms with van der Waals surface area (Å²) in [6.45, 7) is 4.80. The van der Waals surface area contributed by atoms with Crippen LogP contribution >= 0.6 is 0 Å². The van der Waals surface area contributed by atoms with Gasteiger partial charge in [-0.2, -0.15) is 0 Å². The van der Waals surface area contributed by atoms with Gasteiger partial charge in [-0.15, -0.1) is 0 Å². The van der Waals surface area contributed by atoms with Crippen molar-refractivity contribution in [2.75, 3.05) is 11.4 Å². The number of anilines is 2. The average Bonchev–Trinajstić information content (AvgIpc) is 2.49. The fraction of sp³-hybridized carbons (Fsp3) is 0.333. The van der Waals surface area contributed by atoms with Crippen LogP contribution in [0.2, 0.25) is 0 Å². The number of rotatable bonds is 6. The Morgan fingerprint density at radius 3 is 2.43 bits per heavy atom. The van der Waals surface area contributed by atoms with Crippen molar-refractivity contribution in [2.24, 2.45) is 5.73 Å². The Kier molecular flexibility index (Phi) is 5.34. The zero-order chi connectivity index (χ0) is 15.2. The fourth-order valence-corrected chi connectivity index (χ4v) is 2.48. The van der Waals surface area contributed by atoms with Crippen LogP contribution < -0.4 is 10.6 Å². The van der Waals surface area contributed by atoms with Crippen LogP contribution in [0.15, 0.2) is 48.5 Å². The summed E-state index contributed by atoms with van der Waals surface area (Å²) in [5, 5.41) is 0. The van der Waals surface area contributed by atoms with Crippen LogP contribution in [-0.4, -0.2) is 6.54 Å². The lowest BCUT2D eigenvalue weighted by Crippen LogP contribution is -2.23. The summed E-state index contributed by atoms with van der Waals surface area (Å²) in [4.78, 5) is 2.04. The molecular weight excluding hydrogens is 263 g/mol. The van der Waals surface area contributed by atoms with Crippen LogP contribution in [0.3, 0.4) is 0 Å². The Balaban J connectivity index is 2.51. The van der Waals surface area contributed by atoms with Crippen LogP contribution in [0, 0.1) is 5.82 Å². The van der Waals surface area contributed by atoms with Crippen molar-refractivity contribution < 1.29 is 4.39 Å². The molecule has 0 fully saturated rings. The van der Waals surface area contributed by atoms with Gasteiger partial charge in [0.05, 0.1) is 5.69 Å². The molecule has 0 aliphatic rings. The minimum atomic E-state index is -0.218. The van der Waals surface area contributed by atoms with E-state index in [0.717, 1.165) is 30.6 Å². The zero-order valence-corrected chi connectivity index (χ0v) is 12.7. The second kappa shape index (κ2) is 7.23. The van der Waals surface area contributed by atoms with E-state index in [4.69, 9.17) is 5.73 Å². The number of unbranched alkanes of at least 4 members (excludes halogenated alkanes) is 1. The molecule has 2 aromatic rings. The molecule has 0 saturated heterocycles. The van der Waals surface area contributed by atoms with Crippen molar-refractivity contribution in [1.29, 1.82) is 0 Å². The molecule has 21 heavy (non-hydrogen) atoms. The summed E-state index contributed by atoms with van der Waals surface area (Å²) in [5.74, 6) is -0.218. The standard InChI is InChI=1S/C18H23FN2/c1-3-4-13-21(15-9-6-5-7-10-15)18-16(14(2)20)11-8-12-17(18)19/h5-12,14H,3-4,13,20H2,1-2H3. The summed E-state index contributed by atoms with van der Waals surface area (Å²) in [7, 11) is 0. The quantitative estimate of drug-likeness (QED) is 0.827. The second-order valence-electron chi connectivity index (χ2n) is 5.31. The first-order chi connectivity index (χ1) is 10.1. The van der Waals surface area contributed by atoms with E-state index in [2.05, 4.69) is 6.92 Å². The van der Waals surface area contributed by atoms with E-state index in [1.165, 1.54) is 6.07 Å². The molecule has 0 spiro atoms. The van der Waals surface area contributed by atoms with Crippen molar-refractivity contribution in [1.82, 2.24) is 0 Å². The summed E-state index contributed by atoms with van der Waals surface area (Å²) < 4.78 is 14.5. The lowest BCUT2D eigenvalue weighted by Gasteiger charge is -2.28. The lowest BCUT2D eigenvalue weighted by atomic mass is 10.0. The second-order valence-corrected chi connectivity index (χ2v) is 5.31. The van der Waals surface area contributed by atoms with Crippen LogP contribution in [-0.2, 0) is 0 Å². The van der Waals surface area contributed by atoms with Gasteiger partial charge >= 0.3 is 0 Å². The van der Waals surface area contributed by atoms with Crippen molar-refractivity contribution in [2.45, 2.75) is 32.7 Å². The highest BCUT2D eigenvalue weighted by molar-refractivity contribution is 5.67.